The van der Waals surface area contributed by atoms with Crippen LogP contribution in [0.25, 0.3) is 0 Å². The molecule has 0 bridgehead atoms. The zero-order valence-electron chi connectivity index (χ0n) is 12.1. The van der Waals surface area contributed by atoms with Gasteiger partial charge in [0.15, 0.2) is 0 Å². The van der Waals surface area contributed by atoms with Gasteiger partial charge in [0.05, 0.1) is 26.5 Å². The van der Waals surface area contributed by atoms with Crippen LogP contribution in [0.3, 0.4) is 0 Å². The fourth-order valence-corrected chi connectivity index (χ4v) is 1.85. The highest BCUT2D eigenvalue weighted by Crippen LogP contribution is 2.36. The molecular formula is C14H21NO4. The molecule has 0 saturated carbocycles. The number of hydrogen-bond acceptors (Lipinski definition) is 5. The molecular weight excluding hydrogens is 246 g/mol. The van der Waals surface area contributed by atoms with E-state index < -0.39 is 0 Å². The molecule has 0 heterocycles. The predicted octanol–water partition coefficient (Wildman–Crippen LogP) is 2.30. The van der Waals surface area contributed by atoms with E-state index in [1.54, 1.807) is 21.1 Å². The highest BCUT2D eigenvalue weighted by atomic mass is 16.5. The molecule has 1 aromatic rings. The number of nitrogens with one attached hydrogen (secondary N) is 1. The average Bonchev–Trinajstić information content (AvgIpc) is 2.40. The van der Waals surface area contributed by atoms with Crippen molar-refractivity contribution in [3.8, 4) is 11.5 Å². The summed E-state index contributed by atoms with van der Waals surface area (Å²) < 4.78 is 15.6. The summed E-state index contributed by atoms with van der Waals surface area (Å²) in [5.74, 6) is 1.16. The van der Waals surface area contributed by atoms with E-state index in [4.69, 9.17) is 14.2 Å². The molecule has 106 valence electrons. The first-order valence-electron chi connectivity index (χ1n) is 6.16. The minimum Gasteiger partial charge on any atom is -0.496 e. The fourth-order valence-electron chi connectivity index (χ4n) is 1.85. The van der Waals surface area contributed by atoms with Gasteiger partial charge in [0.2, 0.25) is 0 Å². The summed E-state index contributed by atoms with van der Waals surface area (Å²) in [4.78, 5) is 11.4. The third-order valence-corrected chi connectivity index (χ3v) is 2.95. The van der Waals surface area contributed by atoms with Gasteiger partial charge in [0.25, 0.3) is 0 Å². The first kappa shape index (κ1) is 15.1. The molecule has 0 atom stereocenters. The maximum atomic E-state index is 11.4. The van der Waals surface area contributed by atoms with E-state index in [0.717, 1.165) is 22.6 Å². The van der Waals surface area contributed by atoms with Crippen molar-refractivity contribution in [2.24, 2.45) is 0 Å². The third-order valence-electron chi connectivity index (χ3n) is 2.95. The van der Waals surface area contributed by atoms with Crippen molar-refractivity contribution in [3.05, 3.63) is 17.2 Å². The molecule has 0 aromatic heterocycles. The van der Waals surface area contributed by atoms with Crippen LogP contribution in [0.2, 0.25) is 0 Å². The standard InChI is InChI=1S/C14H21NO4/c1-6-19-13(16)8-15-11-7-12(17-4)9(2)10(3)14(11)18-5/h7,15H,6,8H2,1-5H3. The summed E-state index contributed by atoms with van der Waals surface area (Å²) in [6.45, 7) is 6.15. The van der Waals surface area contributed by atoms with Crippen molar-refractivity contribution in [2.45, 2.75) is 20.8 Å². The van der Waals surface area contributed by atoms with Crippen LogP contribution < -0.4 is 14.8 Å². The lowest BCUT2D eigenvalue weighted by atomic mass is 10.1. The minimum absolute atomic E-state index is 0.0931. The molecule has 0 aliphatic rings. The number of carbonyl (C=O) groups is 1. The van der Waals surface area contributed by atoms with Crippen molar-refractivity contribution in [3.63, 3.8) is 0 Å². The van der Waals surface area contributed by atoms with Crippen LogP contribution in [0.5, 0.6) is 11.5 Å². The average molecular weight is 267 g/mol. The molecule has 1 N–H and O–H groups in total. The molecule has 0 amide bonds. The van der Waals surface area contributed by atoms with E-state index in [0.29, 0.717) is 12.4 Å². The summed E-state index contributed by atoms with van der Waals surface area (Å²) in [5, 5.41) is 3.01. The number of rotatable bonds is 6. The minimum atomic E-state index is -0.304. The Kier molecular flexibility index (Phi) is 5.48. The second kappa shape index (κ2) is 6.87. The van der Waals surface area contributed by atoms with E-state index in [1.807, 2.05) is 19.9 Å². The quantitative estimate of drug-likeness (QED) is 0.801. The monoisotopic (exact) mass is 267 g/mol. The molecule has 5 nitrogen and oxygen atoms in total. The molecule has 1 rings (SSSR count). The molecule has 0 radical (unpaired) electrons. The lowest BCUT2D eigenvalue weighted by molar-refractivity contribution is -0.140. The van der Waals surface area contributed by atoms with Crippen LogP contribution in [-0.2, 0) is 9.53 Å². The Labute approximate surface area is 113 Å². The van der Waals surface area contributed by atoms with Crippen LogP contribution in [0.4, 0.5) is 5.69 Å². The van der Waals surface area contributed by atoms with Gasteiger partial charge in [-0.3, -0.25) is 4.79 Å². The van der Waals surface area contributed by atoms with Gasteiger partial charge >= 0.3 is 5.97 Å². The van der Waals surface area contributed by atoms with Crippen molar-refractivity contribution >= 4 is 11.7 Å². The number of benzene rings is 1. The highest BCUT2D eigenvalue weighted by molar-refractivity contribution is 5.77. The van der Waals surface area contributed by atoms with Gasteiger partial charge in [-0.25, -0.2) is 0 Å². The Hall–Kier alpha value is -1.91. The maximum absolute atomic E-state index is 11.4. The van der Waals surface area contributed by atoms with Crippen LogP contribution in [0.1, 0.15) is 18.1 Å². The van der Waals surface area contributed by atoms with Crippen molar-refractivity contribution < 1.29 is 19.0 Å². The summed E-state index contributed by atoms with van der Waals surface area (Å²) in [7, 11) is 3.22. The Morgan fingerprint density at radius 1 is 1.21 bits per heavy atom. The van der Waals surface area contributed by atoms with Crippen LogP contribution in [-0.4, -0.2) is 33.3 Å². The topological polar surface area (TPSA) is 56.8 Å². The van der Waals surface area contributed by atoms with E-state index in [-0.39, 0.29) is 12.5 Å². The van der Waals surface area contributed by atoms with E-state index in [2.05, 4.69) is 5.32 Å². The lowest BCUT2D eigenvalue weighted by Gasteiger charge is -2.17. The fraction of sp³-hybridized carbons (Fsp3) is 0.500. The smallest absolute Gasteiger partial charge is 0.325 e. The summed E-state index contributed by atoms with van der Waals surface area (Å²) in [6.07, 6.45) is 0. The van der Waals surface area contributed by atoms with Gasteiger partial charge in [0.1, 0.15) is 18.0 Å². The maximum Gasteiger partial charge on any atom is 0.325 e. The Morgan fingerprint density at radius 3 is 2.42 bits per heavy atom. The SMILES string of the molecule is CCOC(=O)CNc1cc(OC)c(C)c(C)c1OC. The van der Waals surface area contributed by atoms with Crippen LogP contribution in [0, 0.1) is 13.8 Å². The second-order valence-electron chi connectivity index (χ2n) is 4.07. The Bertz CT molecular complexity index is 457. The normalized spacial score (nSPS) is 9.95. The van der Waals surface area contributed by atoms with Gasteiger partial charge in [-0.05, 0) is 31.9 Å². The van der Waals surface area contributed by atoms with E-state index in [1.165, 1.54) is 0 Å². The Morgan fingerprint density at radius 2 is 1.89 bits per heavy atom. The highest BCUT2D eigenvalue weighted by Gasteiger charge is 2.14. The molecule has 5 heteroatoms. The summed E-state index contributed by atoms with van der Waals surface area (Å²) in [5.41, 5.74) is 2.71. The summed E-state index contributed by atoms with van der Waals surface area (Å²) >= 11 is 0. The Balaban J connectivity index is 2.99. The molecule has 19 heavy (non-hydrogen) atoms. The molecule has 0 unspecified atom stereocenters. The first-order valence-corrected chi connectivity index (χ1v) is 6.16. The van der Waals surface area contributed by atoms with Gasteiger partial charge in [-0.15, -0.1) is 0 Å². The largest absolute Gasteiger partial charge is 0.496 e. The van der Waals surface area contributed by atoms with Gasteiger partial charge in [0, 0.05) is 6.07 Å². The van der Waals surface area contributed by atoms with Crippen LogP contribution in [0.15, 0.2) is 6.07 Å². The van der Waals surface area contributed by atoms with Gasteiger partial charge in [-0.2, -0.15) is 0 Å². The van der Waals surface area contributed by atoms with Gasteiger partial charge < -0.3 is 19.5 Å². The van der Waals surface area contributed by atoms with Crippen LogP contribution >= 0.6 is 0 Å². The molecule has 0 saturated heterocycles. The number of hydrogen-bond donors (Lipinski definition) is 1. The zero-order chi connectivity index (χ0) is 14.4. The van der Waals surface area contributed by atoms with E-state index in [9.17, 15) is 4.79 Å². The van der Waals surface area contributed by atoms with E-state index >= 15 is 0 Å². The predicted molar refractivity (Wildman–Crippen MR) is 74.1 cm³/mol. The second-order valence-corrected chi connectivity index (χ2v) is 4.07. The lowest BCUT2D eigenvalue weighted by Crippen LogP contribution is -2.17. The molecule has 0 fully saturated rings. The van der Waals surface area contributed by atoms with Crippen molar-refractivity contribution in [1.82, 2.24) is 0 Å². The number of ether oxygens (including phenoxy) is 3. The molecule has 0 aliphatic carbocycles. The number of esters is 1. The number of methoxy groups -OCH3 is 2. The van der Waals surface area contributed by atoms with Crippen molar-refractivity contribution in [1.29, 1.82) is 0 Å². The first-order chi connectivity index (χ1) is 9.04. The van der Waals surface area contributed by atoms with Crippen molar-refractivity contribution in [2.75, 3.05) is 32.7 Å². The van der Waals surface area contributed by atoms with Gasteiger partial charge in [-0.1, -0.05) is 0 Å². The number of anilines is 1. The summed E-state index contributed by atoms with van der Waals surface area (Å²) in [6, 6.07) is 1.82. The third kappa shape index (κ3) is 3.53. The zero-order valence-corrected chi connectivity index (χ0v) is 12.1. The number of carbonyl (C=O) groups excluding carboxylic acids is 1. The molecule has 1 aromatic carbocycles. The molecule has 0 spiro atoms. The molecule has 0 aliphatic heterocycles.